The number of rotatable bonds is 4. The standard InChI is InChI=1S/C9H10N2O4S/c1-16(14,15)9-4-6(2-3-11-9)7(12)5-8(10)13/h2-4H,5H2,1H3,(H2,10,13). The maximum atomic E-state index is 11.4. The third kappa shape index (κ3) is 3.13. The molecule has 7 heteroatoms. The number of carbonyl (C=O) groups excluding carboxylic acids is 2. The molecule has 0 bridgehead atoms. The maximum Gasteiger partial charge on any atom is 0.225 e. The van der Waals surface area contributed by atoms with Gasteiger partial charge in [-0.05, 0) is 12.1 Å². The number of amides is 1. The number of sulfone groups is 1. The highest BCUT2D eigenvalue weighted by atomic mass is 32.2. The van der Waals surface area contributed by atoms with Gasteiger partial charge in [-0.2, -0.15) is 0 Å². The first kappa shape index (κ1) is 12.3. The number of Topliss-reactive ketones (excluding diaryl/α,β-unsaturated/α-hetero) is 1. The summed E-state index contributed by atoms with van der Waals surface area (Å²) in [5.41, 5.74) is 4.97. The molecule has 1 aromatic rings. The molecule has 0 aromatic carbocycles. The van der Waals surface area contributed by atoms with Crippen molar-refractivity contribution in [2.45, 2.75) is 11.4 Å². The summed E-state index contributed by atoms with van der Waals surface area (Å²) in [5, 5.41) is -0.206. The Labute approximate surface area is 92.4 Å². The molecule has 6 nitrogen and oxygen atoms in total. The first-order valence-electron chi connectivity index (χ1n) is 4.28. The molecule has 1 heterocycles. The number of pyridine rings is 1. The van der Waals surface area contributed by atoms with Crippen LogP contribution < -0.4 is 5.73 Å². The third-order valence-electron chi connectivity index (χ3n) is 1.77. The van der Waals surface area contributed by atoms with Crippen molar-refractivity contribution in [3.8, 4) is 0 Å². The van der Waals surface area contributed by atoms with Crippen molar-refractivity contribution in [2.75, 3.05) is 6.26 Å². The van der Waals surface area contributed by atoms with Crippen LogP contribution in [0.1, 0.15) is 16.8 Å². The van der Waals surface area contributed by atoms with Crippen LogP contribution >= 0.6 is 0 Å². The van der Waals surface area contributed by atoms with E-state index in [4.69, 9.17) is 5.73 Å². The number of ketones is 1. The Hall–Kier alpha value is -1.76. The predicted octanol–water partition coefficient (Wildman–Crippen LogP) is -0.457. The largest absolute Gasteiger partial charge is 0.369 e. The van der Waals surface area contributed by atoms with E-state index < -0.39 is 27.9 Å². The average Bonchev–Trinajstić information content (AvgIpc) is 2.15. The van der Waals surface area contributed by atoms with E-state index in [2.05, 4.69) is 4.98 Å². The molecule has 1 amide bonds. The highest BCUT2D eigenvalue weighted by Crippen LogP contribution is 2.09. The van der Waals surface area contributed by atoms with Gasteiger partial charge in [0.1, 0.15) is 0 Å². The molecule has 0 radical (unpaired) electrons. The Kier molecular flexibility index (Phi) is 3.38. The summed E-state index contributed by atoms with van der Waals surface area (Å²) in [7, 11) is -3.47. The van der Waals surface area contributed by atoms with Gasteiger partial charge < -0.3 is 5.73 Å². The van der Waals surface area contributed by atoms with Crippen LogP contribution in [0, 0.1) is 0 Å². The molecule has 1 rings (SSSR count). The van der Waals surface area contributed by atoms with Crippen LogP contribution in [-0.4, -0.2) is 31.3 Å². The van der Waals surface area contributed by atoms with Gasteiger partial charge in [0.05, 0.1) is 6.42 Å². The summed E-state index contributed by atoms with van der Waals surface area (Å²) in [6, 6.07) is 2.46. The fraction of sp³-hybridized carbons (Fsp3) is 0.222. The zero-order chi connectivity index (χ0) is 12.3. The van der Waals surface area contributed by atoms with Crippen LogP contribution in [-0.2, 0) is 14.6 Å². The minimum Gasteiger partial charge on any atom is -0.369 e. The van der Waals surface area contributed by atoms with Crippen molar-refractivity contribution in [1.29, 1.82) is 0 Å². The van der Waals surface area contributed by atoms with Crippen LogP contribution in [0.4, 0.5) is 0 Å². The van der Waals surface area contributed by atoms with Gasteiger partial charge in [0.25, 0.3) is 0 Å². The fourth-order valence-electron chi connectivity index (χ4n) is 1.05. The lowest BCUT2D eigenvalue weighted by Gasteiger charge is -2.01. The lowest BCUT2D eigenvalue weighted by Crippen LogP contribution is -2.16. The Morgan fingerprint density at radius 2 is 2.06 bits per heavy atom. The fourth-order valence-corrected chi connectivity index (χ4v) is 1.64. The molecule has 0 fully saturated rings. The Morgan fingerprint density at radius 1 is 1.44 bits per heavy atom. The van der Waals surface area contributed by atoms with Gasteiger partial charge in [-0.25, -0.2) is 13.4 Å². The SMILES string of the molecule is CS(=O)(=O)c1cc(C(=O)CC(N)=O)ccn1. The zero-order valence-corrected chi connectivity index (χ0v) is 9.32. The van der Waals surface area contributed by atoms with E-state index in [1.165, 1.54) is 12.3 Å². The molecule has 0 saturated carbocycles. The van der Waals surface area contributed by atoms with Crippen LogP contribution in [0.2, 0.25) is 0 Å². The van der Waals surface area contributed by atoms with Crippen molar-refractivity contribution in [3.05, 3.63) is 23.9 Å². The molecule has 0 unspecified atom stereocenters. The van der Waals surface area contributed by atoms with Crippen LogP contribution in [0.3, 0.4) is 0 Å². The Bertz CT molecular complexity index is 536. The summed E-state index contributed by atoms with van der Waals surface area (Å²) in [4.78, 5) is 25.6. The quantitative estimate of drug-likeness (QED) is 0.568. The molecule has 1 aromatic heterocycles. The van der Waals surface area contributed by atoms with Crippen molar-refractivity contribution >= 4 is 21.5 Å². The zero-order valence-electron chi connectivity index (χ0n) is 8.50. The number of primary amides is 1. The molecule has 0 aliphatic carbocycles. The monoisotopic (exact) mass is 242 g/mol. The van der Waals surface area contributed by atoms with Crippen molar-refractivity contribution in [1.82, 2.24) is 4.98 Å². The number of carbonyl (C=O) groups is 2. The van der Waals surface area contributed by atoms with E-state index in [1.54, 1.807) is 0 Å². The number of nitrogens with two attached hydrogens (primary N) is 1. The van der Waals surface area contributed by atoms with E-state index in [0.29, 0.717) is 0 Å². The topological polar surface area (TPSA) is 107 Å². The molecule has 0 spiro atoms. The molecular weight excluding hydrogens is 232 g/mol. The highest BCUT2D eigenvalue weighted by Gasteiger charge is 2.14. The van der Waals surface area contributed by atoms with E-state index >= 15 is 0 Å². The van der Waals surface area contributed by atoms with Gasteiger partial charge in [-0.1, -0.05) is 0 Å². The lowest BCUT2D eigenvalue weighted by molar-refractivity contribution is -0.117. The van der Waals surface area contributed by atoms with Gasteiger partial charge in [0.15, 0.2) is 20.6 Å². The molecule has 2 N–H and O–H groups in total. The number of nitrogens with zero attached hydrogens (tertiary/aromatic N) is 1. The molecule has 86 valence electrons. The van der Waals surface area contributed by atoms with Gasteiger partial charge in [0, 0.05) is 18.0 Å². The molecule has 0 aliphatic heterocycles. The summed E-state index contributed by atoms with van der Waals surface area (Å²) in [5.74, 6) is -1.29. The maximum absolute atomic E-state index is 11.4. The first-order chi connectivity index (χ1) is 7.30. The summed E-state index contributed by atoms with van der Waals surface area (Å²) >= 11 is 0. The number of hydrogen-bond donors (Lipinski definition) is 1. The van der Waals surface area contributed by atoms with Crippen LogP contribution in [0.25, 0.3) is 0 Å². The Balaban J connectivity index is 3.09. The predicted molar refractivity (Wildman–Crippen MR) is 55.5 cm³/mol. The van der Waals surface area contributed by atoms with Gasteiger partial charge in [0.2, 0.25) is 5.91 Å². The third-order valence-corrected chi connectivity index (χ3v) is 2.75. The van der Waals surface area contributed by atoms with Crippen molar-refractivity contribution in [3.63, 3.8) is 0 Å². The van der Waals surface area contributed by atoms with Gasteiger partial charge in [-0.3, -0.25) is 9.59 Å². The minimum atomic E-state index is -3.47. The van der Waals surface area contributed by atoms with Crippen molar-refractivity contribution < 1.29 is 18.0 Å². The number of aromatic nitrogens is 1. The summed E-state index contributed by atoms with van der Waals surface area (Å²) in [6.07, 6.45) is 1.73. The van der Waals surface area contributed by atoms with Gasteiger partial charge >= 0.3 is 0 Å². The van der Waals surface area contributed by atoms with E-state index in [9.17, 15) is 18.0 Å². The van der Waals surface area contributed by atoms with Crippen LogP contribution in [0.15, 0.2) is 23.4 Å². The second-order valence-electron chi connectivity index (χ2n) is 3.22. The molecule has 0 atom stereocenters. The second kappa shape index (κ2) is 4.40. The molecule has 0 aliphatic rings. The molecular formula is C9H10N2O4S. The normalized spacial score (nSPS) is 11.1. The highest BCUT2D eigenvalue weighted by molar-refractivity contribution is 7.90. The Morgan fingerprint density at radius 3 is 2.56 bits per heavy atom. The smallest absolute Gasteiger partial charge is 0.225 e. The second-order valence-corrected chi connectivity index (χ2v) is 5.18. The van der Waals surface area contributed by atoms with E-state index in [0.717, 1.165) is 12.3 Å². The first-order valence-corrected chi connectivity index (χ1v) is 6.17. The number of hydrogen-bond acceptors (Lipinski definition) is 5. The van der Waals surface area contributed by atoms with E-state index in [-0.39, 0.29) is 10.6 Å². The van der Waals surface area contributed by atoms with Crippen molar-refractivity contribution in [2.24, 2.45) is 5.73 Å². The summed E-state index contributed by atoms with van der Waals surface area (Å²) in [6.45, 7) is 0. The summed E-state index contributed by atoms with van der Waals surface area (Å²) < 4.78 is 22.3. The molecule has 16 heavy (non-hydrogen) atoms. The van der Waals surface area contributed by atoms with Gasteiger partial charge in [-0.15, -0.1) is 0 Å². The average molecular weight is 242 g/mol. The van der Waals surface area contributed by atoms with Crippen LogP contribution in [0.5, 0.6) is 0 Å². The minimum absolute atomic E-state index is 0.106. The van der Waals surface area contributed by atoms with E-state index in [1.807, 2.05) is 0 Å². The molecule has 0 saturated heterocycles. The lowest BCUT2D eigenvalue weighted by atomic mass is 10.1.